The van der Waals surface area contributed by atoms with Crippen molar-refractivity contribution in [3.8, 4) is 17.4 Å². The quantitative estimate of drug-likeness (QED) is 0.302. The highest BCUT2D eigenvalue weighted by molar-refractivity contribution is 7.91. The third kappa shape index (κ3) is 5.35. The van der Waals surface area contributed by atoms with E-state index in [0.717, 1.165) is 5.56 Å². The molecule has 4 aromatic heterocycles. The maximum atomic E-state index is 13.6. The molecule has 0 fully saturated rings. The van der Waals surface area contributed by atoms with E-state index >= 15 is 0 Å². The van der Waals surface area contributed by atoms with Gasteiger partial charge in [0, 0.05) is 29.9 Å². The zero-order valence-electron chi connectivity index (χ0n) is 21.4. The van der Waals surface area contributed by atoms with E-state index in [2.05, 4.69) is 30.3 Å². The molecular weight excluding hydrogens is 518 g/mol. The molecule has 0 bridgehead atoms. The average molecular weight is 546 g/mol. The second-order valence-electron chi connectivity index (χ2n) is 8.85. The summed E-state index contributed by atoms with van der Waals surface area (Å²) in [5, 5.41) is 12.3. The number of aromatic nitrogens is 7. The van der Waals surface area contributed by atoms with Crippen LogP contribution in [-0.4, -0.2) is 55.7 Å². The molecule has 0 unspecified atom stereocenters. The van der Waals surface area contributed by atoms with E-state index in [9.17, 15) is 8.42 Å². The van der Waals surface area contributed by atoms with Crippen molar-refractivity contribution >= 4 is 21.4 Å². The summed E-state index contributed by atoms with van der Waals surface area (Å²) < 4.78 is 39.6. The van der Waals surface area contributed by atoms with E-state index < -0.39 is 21.0 Å². The van der Waals surface area contributed by atoms with Crippen molar-refractivity contribution in [3.05, 3.63) is 64.3 Å². The number of methoxy groups -OCH3 is 1. The Bertz CT molecular complexity index is 1480. The Balaban J connectivity index is 1.77. The third-order valence-electron chi connectivity index (χ3n) is 6.47. The first-order valence-corrected chi connectivity index (χ1v) is 13.7. The lowest BCUT2D eigenvalue weighted by Crippen LogP contribution is -2.28. The molecule has 0 aliphatic heterocycles. The van der Waals surface area contributed by atoms with Crippen LogP contribution in [0.4, 0.5) is 0 Å². The molecule has 4 rings (SSSR count). The molecule has 3 atom stereocenters. The van der Waals surface area contributed by atoms with E-state index in [1.54, 1.807) is 36.6 Å². The molecule has 37 heavy (non-hydrogen) atoms. The smallest absolute Gasteiger partial charge is 0.213 e. The van der Waals surface area contributed by atoms with E-state index in [1.807, 2.05) is 20.8 Å². The minimum absolute atomic E-state index is 0.267. The van der Waals surface area contributed by atoms with Crippen LogP contribution < -0.4 is 4.74 Å². The fourth-order valence-corrected chi connectivity index (χ4v) is 5.92. The van der Waals surface area contributed by atoms with Crippen LogP contribution in [0, 0.1) is 13.8 Å². The van der Waals surface area contributed by atoms with E-state index in [1.165, 1.54) is 19.5 Å². The minimum atomic E-state index is -3.72. The van der Waals surface area contributed by atoms with Crippen molar-refractivity contribution in [2.24, 2.45) is 0 Å². The lowest BCUT2D eigenvalue weighted by Gasteiger charge is -2.21. The summed E-state index contributed by atoms with van der Waals surface area (Å²) in [5.41, 5.74) is 2.00. The number of aryl methyl sites for hydroxylation is 2. The summed E-state index contributed by atoms with van der Waals surface area (Å²) in [6, 6.07) is 4.88. The Morgan fingerprint density at radius 2 is 1.81 bits per heavy atom. The Morgan fingerprint density at radius 3 is 2.43 bits per heavy atom. The van der Waals surface area contributed by atoms with Crippen LogP contribution in [0.5, 0.6) is 5.88 Å². The van der Waals surface area contributed by atoms with Gasteiger partial charge in [0.2, 0.25) is 5.88 Å². The fraction of sp³-hybridized carbons (Fsp3) is 0.417. The van der Waals surface area contributed by atoms with Gasteiger partial charge in [-0.15, -0.1) is 10.2 Å². The maximum absolute atomic E-state index is 13.6. The molecule has 0 aromatic carbocycles. The standard InChI is InChI=1S/C24H28ClN7O4S/c1-13(23-26-10-18(25)11-27-23)17(5)37(33,34)12-20-29-30-24(19-8-7-9-21(28-19)35-6)32(20)15(3)22-14(2)31-36-16(22)4/h7-11,13,15,17H,12H2,1-6H3/t13-,15-,17-/m0/s1. The van der Waals surface area contributed by atoms with Crippen LogP contribution in [0.3, 0.4) is 0 Å². The normalized spacial score (nSPS) is 14.4. The SMILES string of the molecule is COc1cccc(-c2nnc(CS(=O)(=O)[C@@H](C)[C@H](C)c3ncc(Cl)cn3)n2[C@@H](C)c2c(C)noc2C)n1. The predicted molar refractivity (Wildman–Crippen MR) is 137 cm³/mol. The first-order valence-electron chi connectivity index (χ1n) is 11.6. The highest BCUT2D eigenvalue weighted by atomic mass is 35.5. The molecule has 0 saturated heterocycles. The van der Waals surface area contributed by atoms with Crippen LogP contribution in [-0.2, 0) is 15.6 Å². The molecule has 11 nitrogen and oxygen atoms in total. The van der Waals surface area contributed by atoms with Crippen molar-refractivity contribution in [1.82, 2.24) is 34.9 Å². The lowest BCUT2D eigenvalue weighted by atomic mass is 10.1. The summed E-state index contributed by atoms with van der Waals surface area (Å²) >= 11 is 5.89. The minimum Gasteiger partial charge on any atom is -0.481 e. The Morgan fingerprint density at radius 1 is 1.11 bits per heavy atom. The number of nitrogens with zero attached hydrogens (tertiary/aromatic N) is 7. The van der Waals surface area contributed by atoms with E-state index in [-0.39, 0.29) is 17.6 Å². The molecule has 0 radical (unpaired) electrons. The van der Waals surface area contributed by atoms with Crippen LogP contribution in [0.1, 0.15) is 61.4 Å². The van der Waals surface area contributed by atoms with Crippen LogP contribution in [0.15, 0.2) is 35.1 Å². The first-order chi connectivity index (χ1) is 17.5. The number of ether oxygens (including phenoxy) is 1. The third-order valence-corrected chi connectivity index (χ3v) is 8.87. The molecule has 0 spiro atoms. The van der Waals surface area contributed by atoms with Crippen molar-refractivity contribution in [1.29, 1.82) is 0 Å². The average Bonchev–Trinajstić information content (AvgIpc) is 3.45. The summed E-state index contributed by atoms with van der Waals surface area (Å²) in [6.45, 7) is 8.98. The Kier molecular flexibility index (Phi) is 7.60. The zero-order chi connectivity index (χ0) is 26.9. The Labute approximate surface area is 220 Å². The van der Waals surface area contributed by atoms with Crippen LogP contribution in [0.25, 0.3) is 11.5 Å². The van der Waals surface area contributed by atoms with Gasteiger partial charge >= 0.3 is 0 Å². The molecular formula is C24H28ClN7O4S. The summed E-state index contributed by atoms with van der Waals surface area (Å²) in [6.07, 6.45) is 2.91. The van der Waals surface area contributed by atoms with Gasteiger partial charge < -0.3 is 13.8 Å². The van der Waals surface area contributed by atoms with Gasteiger partial charge in [0.25, 0.3) is 0 Å². The number of hydrogen-bond donors (Lipinski definition) is 0. The second-order valence-corrected chi connectivity index (χ2v) is 11.6. The van der Waals surface area contributed by atoms with Crippen LogP contribution >= 0.6 is 11.6 Å². The topological polar surface area (TPSA) is 139 Å². The molecule has 0 saturated carbocycles. The number of halogens is 1. The summed E-state index contributed by atoms with van der Waals surface area (Å²) in [7, 11) is -2.20. The number of rotatable bonds is 9. The van der Waals surface area contributed by atoms with Crippen molar-refractivity contribution in [2.45, 2.75) is 57.6 Å². The van der Waals surface area contributed by atoms with E-state index in [0.29, 0.717) is 39.7 Å². The number of pyridine rings is 1. The number of hydrogen-bond acceptors (Lipinski definition) is 10. The lowest BCUT2D eigenvalue weighted by molar-refractivity contribution is 0.390. The van der Waals surface area contributed by atoms with Gasteiger partial charge in [0.1, 0.15) is 28.9 Å². The van der Waals surface area contributed by atoms with E-state index in [4.69, 9.17) is 20.9 Å². The zero-order valence-corrected chi connectivity index (χ0v) is 22.9. The van der Waals surface area contributed by atoms with Gasteiger partial charge in [-0.2, -0.15) is 0 Å². The molecule has 0 amide bonds. The first kappa shape index (κ1) is 26.7. The number of sulfone groups is 1. The predicted octanol–water partition coefficient (Wildman–Crippen LogP) is 4.11. The summed E-state index contributed by atoms with van der Waals surface area (Å²) in [5.74, 6) is 1.26. The van der Waals surface area contributed by atoms with Crippen LogP contribution in [0.2, 0.25) is 5.02 Å². The van der Waals surface area contributed by atoms with Gasteiger partial charge in [-0.25, -0.2) is 23.4 Å². The fourth-order valence-electron chi connectivity index (χ4n) is 4.26. The maximum Gasteiger partial charge on any atom is 0.213 e. The molecule has 196 valence electrons. The monoisotopic (exact) mass is 545 g/mol. The largest absolute Gasteiger partial charge is 0.481 e. The molecule has 4 heterocycles. The van der Waals surface area contributed by atoms with Gasteiger partial charge in [-0.3, -0.25) is 0 Å². The van der Waals surface area contributed by atoms with Gasteiger partial charge in [-0.1, -0.05) is 29.7 Å². The molecule has 4 aromatic rings. The van der Waals surface area contributed by atoms with Gasteiger partial charge in [-0.05, 0) is 33.8 Å². The van der Waals surface area contributed by atoms with Crippen molar-refractivity contribution in [2.75, 3.05) is 7.11 Å². The second kappa shape index (κ2) is 10.5. The molecule has 0 N–H and O–H groups in total. The van der Waals surface area contributed by atoms with Gasteiger partial charge in [0.05, 0.1) is 29.1 Å². The van der Waals surface area contributed by atoms with Crippen molar-refractivity contribution < 1.29 is 17.7 Å². The highest BCUT2D eigenvalue weighted by Crippen LogP contribution is 2.32. The molecule has 0 aliphatic rings. The van der Waals surface area contributed by atoms with Crippen molar-refractivity contribution in [3.63, 3.8) is 0 Å². The Hall–Kier alpha value is -3.38. The van der Waals surface area contributed by atoms with Gasteiger partial charge in [0.15, 0.2) is 15.7 Å². The summed E-state index contributed by atoms with van der Waals surface area (Å²) in [4.78, 5) is 12.9. The highest BCUT2D eigenvalue weighted by Gasteiger charge is 2.33. The molecule has 0 aliphatic carbocycles. The molecule has 13 heteroatoms.